The van der Waals surface area contributed by atoms with Crippen molar-refractivity contribution in [3.05, 3.63) is 12.4 Å². The Balaban J connectivity index is 2.60. The molecular weight excluding hydrogens is 190 g/mol. The van der Waals surface area contributed by atoms with Crippen molar-refractivity contribution >= 4 is 11.6 Å². The molecule has 0 atom stereocenters. The number of nitrogens with two attached hydrogens (primary N) is 1. The Bertz CT molecular complexity index is 300. The van der Waals surface area contributed by atoms with Gasteiger partial charge in [-0.3, -0.25) is 0 Å². The van der Waals surface area contributed by atoms with Gasteiger partial charge in [-0.15, -0.1) is 0 Å². The molecule has 0 bridgehead atoms. The Morgan fingerprint density at radius 2 is 2.20 bits per heavy atom. The summed E-state index contributed by atoms with van der Waals surface area (Å²) in [6.45, 7) is 5.40. The minimum atomic E-state index is 0.636. The minimum absolute atomic E-state index is 0.636. The normalized spacial score (nSPS) is 10.5. The van der Waals surface area contributed by atoms with Crippen molar-refractivity contribution in [3.8, 4) is 0 Å². The lowest BCUT2D eigenvalue weighted by atomic mass is 10.1. The Morgan fingerprint density at radius 1 is 1.47 bits per heavy atom. The molecular formula is C10H19N5. The van der Waals surface area contributed by atoms with Gasteiger partial charge in [0.25, 0.3) is 0 Å². The van der Waals surface area contributed by atoms with Crippen molar-refractivity contribution in [2.24, 2.45) is 11.8 Å². The lowest BCUT2D eigenvalue weighted by Crippen LogP contribution is -2.21. The van der Waals surface area contributed by atoms with Crippen molar-refractivity contribution in [2.45, 2.75) is 20.3 Å². The molecule has 0 fully saturated rings. The number of nitrogens with one attached hydrogen (secondary N) is 1. The molecule has 0 unspecified atom stereocenters. The molecule has 0 aliphatic heterocycles. The molecule has 1 rings (SSSR count). The molecule has 5 nitrogen and oxygen atoms in total. The Morgan fingerprint density at radius 3 is 2.80 bits per heavy atom. The van der Waals surface area contributed by atoms with Gasteiger partial charge in [-0.25, -0.2) is 15.8 Å². The van der Waals surface area contributed by atoms with E-state index in [1.54, 1.807) is 0 Å². The summed E-state index contributed by atoms with van der Waals surface area (Å²) >= 11 is 0. The average Bonchev–Trinajstić information content (AvgIpc) is 2.26. The molecule has 0 aliphatic rings. The van der Waals surface area contributed by atoms with Gasteiger partial charge in [0.2, 0.25) is 0 Å². The van der Waals surface area contributed by atoms with Crippen LogP contribution in [0.2, 0.25) is 0 Å². The van der Waals surface area contributed by atoms with Crippen molar-refractivity contribution in [2.75, 3.05) is 23.9 Å². The molecule has 1 heterocycles. The Kier molecular flexibility index (Phi) is 4.30. The highest BCUT2D eigenvalue weighted by Gasteiger charge is 2.04. The van der Waals surface area contributed by atoms with E-state index >= 15 is 0 Å². The van der Waals surface area contributed by atoms with Gasteiger partial charge in [-0.1, -0.05) is 13.8 Å². The summed E-state index contributed by atoms with van der Waals surface area (Å²) in [4.78, 5) is 10.2. The molecule has 84 valence electrons. The van der Waals surface area contributed by atoms with Crippen LogP contribution in [-0.2, 0) is 0 Å². The standard InChI is InChI=1S/C10H19N5/c1-8(2)4-5-15(3)10-6-9(14-11)12-7-13-10/h6-8H,4-5,11H2,1-3H3,(H,12,13,14). The summed E-state index contributed by atoms with van der Waals surface area (Å²) in [6, 6.07) is 1.83. The second kappa shape index (κ2) is 5.50. The van der Waals surface area contributed by atoms with Gasteiger partial charge in [-0.05, 0) is 12.3 Å². The highest BCUT2D eigenvalue weighted by molar-refractivity contribution is 5.47. The van der Waals surface area contributed by atoms with Crippen LogP contribution >= 0.6 is 0 Å². The molecule has 0 saturated heterocycles. The van der Waals surface area contributed by atoms with Gasteiger partial charge in [0.1, 0.15) is 18.0 Å². The van der Waals surface area contributed by atoms with Crippen LogP contribution in [0.15, 0.2) is 12.4 Å². The maximum absolute atomic E-state index is 5.28. The molecule has 15 heavy (non-hydrogen) atoms. The third kappa shape index (κ3) is 3.71. The van der Waals surface area contributed by atoms with Gasteiger partial charge in [0.05, 0.1) is 0 Å². The number of nitrogens with zero attached hydrogens (tertiary/aromatic N) is 3. The van der Waals surface area contributed by atoms with Gasteiger partial charge < -0.3 is 10.3 Å². The highest BCUT2D eigenvalue weighted by atomic mass is 15.3. The van der Waals surface area contributed by atoms with E-state index in [0.29, 0.717) is 11.7 Å². The zero-order valence-corrected chi connectivity index (χ0v) is 9.57. The summed E-state index contributed by atoms with van der Waals surface area (Å²) in [5, 5.41) is 0. The fourth-order valence-corrected chi connectivity index (χ4v) is 1.20. The summed E-state index contributed by atoms with van der Waals surface area (Å²) in [7, 11) is 2.02. The monoisotopic (exact) mass is 209 g/mol. The molecule has 5 heteroatoms. The van der Waals surface area contributed by atoms with Crippen LogP contribution in [0, 0.1) is 5.92 Å². The second-order valence-electron chi connectivity index (χ2n) is 4.01. The third-order valence-corrected chi connectivity index (χ3v) is 2.23. The van der Waals surface area contributed by atoms with E-state index in [0.717, 1.165) is 18.8 Å². The van der Waals surface area contributed by atoms with Crippen molar-refractivity contribution in [3.63, 3.8) is 0 Å². The fraction of sp³-hybridized carbons (Fsp3) is 0.600. The molecule has 1 aromatic rings. The first-order chi connectivity index (χ1) is 7.13. The fourth-order valence-electron chi connectivity index (χ4n) is 1.20. The first-order valence-corrected chi connectivity index (χ1v) is 5.13. The lowest BCUT2D eigenvalue weighted by Gasteiger charge is -2.19. The van der Waals surface area contributed by atoms with Gasteiger partial charge in [0, 0.05) is 19.7 Å². The van der Waals surface area contributed by atoms with Gasteiger partial charge in [0.15, 0.2) is 0 Å². The third-order valence-electron chi connectivity index (χ3n) is 2.23. The summed E-state index contributed by atoms with van der Waals surface area (Å²) in [6.07, 6.45) is 2.66. The Hall–Kier alpha value is -1.36. The summed E-state index contributed by atoms with van der Waals surface area (Å²) < 4.78 is 0. The van der Waals surface area contributed by atoms with E-state index in [2.05, 4.69) is 34.1 Å². The van der Waals surface area contributed by atoms with Crippen LogP contribution in [0.3, 0.4) is 0 Å². The summed E-state index contributed by atoms with van der Waals surface area (Å²) in [5.41, 5.74) is 2.51. The summed E-state index contributed by atoms with van der Waals surface area (Å²) in [5.74, 6) is 7.50. The van der Waals surface area contributed by atoms with E-state index in [4.69, 9.17) is 5.84 Å². The highest BCUT2D eigenvalue weighted by Crippen LogP contribution is 2.13. The van der Waals surface area contributed by atoms with Crippen LogP contribution in [0.4, 0.5) is 11.6 Å². The molecule has 0 aliphatic carbocycles. The lowest BCUT2D eigenvalue weighted by molar-refractivity contribution is 0.583. The number of anilines is 2. The van der Waals surface area contributed by atoms with Crippen LogP contribution < -0.4 is 16.2 Å². The van der Waals surface area contributed by atoms with Crippen LogP contribution in [-0.4, -0.2) is 23.6 Å². The van der Waals surface area contributed by atoms with E-state index < -0.39 is 0 Å². The van der Waals surface area contributed by atoms with Gasteiger partial charge >= 0.3 is 0 Å². The average molecular weight is 209 g/mol. The first kappa shape index (κ1) is 11.7. The molecule has 3 N–H and O–H groups in total. The second-order valence-corrected chi connectivity index (χ2v) is 4.01. The predicted molar refractivity (Wildman–Crippen MR) is 62.6 cm³/mol. The van der Waals surface area contributed by atoms with E-state index in [-0.39, 0.29) is 0 Å². The van der Waals surface area contributed by atoms with Crippen molar-refractivity contribution < 1.29 is 0 Å². The number of rotatable bonds is 5. The number of hydrogen-bond donors (Lipinski definition) is 2. The first-order valence-electron chi connectivity index (χ1n) is 5.13. The number of nitrogen functional groups attached to an aromatic ring is 1. The zero-order valence-electron chi connectivity index (χ0n) is 9.57. The van der Waals surface area contributed by atoms with Crippen molar-refractivity contribution in [1.29, 1.82) is 0 Å². The van der Waals surface area contributed by atoms with Crippen LogP contribution in [0.1, 0.15) is 20.3 Å². The number of hydrogen-bond acceptors (Lipinski definition) is 5. The van der Waals surface area contributed by atoms with Crippen LogP contribution in [0.5, 0.6) is 0 Å². The maximum atomic E-state index is 5.28. The van der Waals surface area contributed by atoms with E-state index in [9.17, 15) is 0 Å². The molecule has 0 radical (unpaired) electrons. The van der Waals surface area contributed by atoms with E-state index in [1.807, 2.05) is 13.1 Å². The van der Waals surface area contributed by atoms with E-state index in [1.165, 1.54) is 6.33 Å². The number of hydrazine groups is 1. The molecule has 0 spiro atoms. The van der Waals surface area contributed by atoms with Crippen molar-refractivity contribution in [1.82, 2.24) is 9.97 Å². The Labute approximate surface area is 90.7 Å². The zero-order chi connectivity index (χ0) is 11.3. The quantitative estimate of drug-likeness (QED) is 0.564. The molecule has 0 saturated carbocycles. The smallest absolute Gasteiger partial charge is 0.145 e. The topological polar surface area (TPSA) is 67.1 Å². The molecule has 1 aromatic heterocycles. The minimum Gasteiger partial charge on any atom is -0.360 e. The van der Waals surface area contributed by atoms with Gasteiger partial charge in [-0.2, -0.15) is 0 Å². The predicted octanol–water partition coefficient (Wildman–Crippen LogP) is 1.24. The van der Waals surface area contributed by atoms with Crippen LogP contribution in [0.25, 0.3) is 0 Å². The largest absolute Gasteiger partial charge is 0.360 e. The molecule has 0 aromatic carbocycles. The number of aromatic nitrogens is 2. The molecule has 0 amide bonds. The maximum Gasteiger partial charge on any atom is 0.145 e. The SMILES string of the molecule is CC(C)CCN(C)c1cc(NN)ncn1.